The summed E-state index contributed by atoms with van der Waals surface area (Å²) in [5, 5.41) is 9.91. The Kier molecular flexibility index (Phi) is 4.52. The topological polar surface area (TPSA) is 49.5 Å². The average Bonchev–Trinajstić information content (AvgIpc) is 2.67. The van der Waals surface area contributed by atoms with Crippen LogP contribution in [-0.2, 0) is 0 Å². The number of nitrogens with zero attached hydrogens (tertiary/aromatic N) is 1. The Bertz CT molecular complexity index is 151. The fourth-order valence-electron chi connectivity index (χ4n) is 1.45. The molecule has 1 saturated heterocycles. The van der Waals surface area contributed by atoms with Crippen LogP contribution in [0.25, 0.3) is 0 Å². The van der Waals surface area contributed by atoms with Crippen LogP contribution in [0.5, 0.6) is 0 Å². The van der Waals surface area contributed by atoms with Gasteiger partial charge in [0.05, 0.1) is 0 Å². The molecule has 0 aromatic carbocycles. The minimum Gasteiger partial charge on any atom is -0.377 e. The van der Waals surface area contributed by atoms with Gasteiger partial charge in [0.25, 0.3) is 0 Å². The lowest BCUT2D eigenvalue weighted by Crippen LogP contribution is -2.49. The number of thioether (sulfide) groups is 1. The lowest BCUT2D eigenvalue weighted by Gasteiger charge is -2.30. The molecular formula is C9H20N2OS. The normalized spacial score (nSPS) is 25.8. The lowest BCUT2D eigenvalue weighted by molar-refractivity contribution is -0.00868. The zero-order chi connectivity index (χ0) is 9.84. The summed E-state index contributed by atoms with van der Waals surface area (Å²) in [4.78, 5) is 2.06. The molecule has 3 N–H and O–H groups in total. The van der Waals surface area contributed by atoms with Crippen molar-refractivity contribution in [2.24, 2.45) is 11.7 Å². The van der Waals surface area contributed by atoms with Gasteiger partial charge >= 0.3 is 0 Å². The van der Waals surface area contributed by atoms with E-state index in [1.54, 1.807) is 0 Å². The van der Waals surface area contributed by atoms with Gasteiger partial charge in [-0.3, -0.25) is 4.90 Å². The number of hydrogen-bond donors (Lipinski definition) is 2. The van der Waals surface area contributed by atoms with Crippen LogP contribution < -0.4 is 5.73 Å². The van der Waals surface area contributed by atoms with Crippen molar-refractivity contribution in [3.05, 3.63) is 0 Å². The molecule has 3 atom stereocenters. The predicted octanol–water partition coefficient (Wildman–Crippen LogP) is 0.685. The lowest BCUT2D eigenvalue weighted by atomic mass is 9.98. The molecule has 4 heteroatoms. The standard InChI is InChI=1S/C9H20N2OS/c1-3-7(2)8(10)9(12)11-4-5-13-6-11/h7-9,12H,3-6,10H2,1-2H3/t7-,8?,9?/m0/s1. The summed E-state index contributed by atoms with van der Waals surface area (Å²) in [7, 11) is 0. The highest BCUT2D eigenvalue weighted by Gasteiger charge is 2.27. The zero-order valence-corrected chi connectivity index (χ0v) is 9.26. The van der Waals surface area contributed by atoms with Crippen LogP contribution in [0, 0.1) is 5.92 Å². The molecule has 1 aliphatic heterocycles. The van der Waals surface area contributed by atoms with Gasteiger partial charge in [-0.2, -0.15) is 0 Å². The minimum absolute atomic E-state index is 0.108. The van der Waals surface area contributed by atoms with E-state index in [9.17, 15) is 5.11 Å². The SMILES string of the molecule is CC[C@H](C)C(N)C(O)N1CCSC1. The molecule has 1 rings (SSSR count). The van der Waals surface area contributed by atoms with Gasteiger partial charge in [0.1, 0.15) is 6.23 Å². The summed E-state index contributed by atoms with van der Waals surface area (Å²) in [6.07, 6.45) is 0.573. The zero-order valence-electron chi connectivity index (χ0n) is 8.44. The Morgan fingerprint density at radius 1 is 1.62 bits per heavy atom. The third-order valence-corrected chi connectivity index (χ3v) is 3.78. The van der Waals surface area contributed by atoms with Crippen molar-refractivity contribution in [3.8, 4) is 0 Å². The molecule has 13 heavy (non-hydrogen) atoms. The van der Waals surface area contributed by atoms with Crippen molar-refractivity contribution in [1.29, 1.82) is 0 Å². The summed E-state index contributed by atoms with van der Waals surface area (Å²) in [6.45, 7) is 5.17. The second kappa shape index (κ2) is 5.20. The molecule has 0 aromatic rings. The summed E-state index contributed by atoms with van der Waals surface area (Å²) < 4.78 is 0. The highest BCUT2D eigenvalue weighted by molar-refractivity contribution is 7.99. The fourth-order valence-corrected chi connectivity index (χ4v) is 2.46. The van der Waals surface area contributed by atoms with Gasteiger partial charge in [-0.05, 0) is 5.92 Å². The Morgan fingerprint density at radius 3 is 2.77 bits per heavy atom. The Hall–Kier alpha value is 0.230. The molecular weight excluding hydrogens is 184 g/mol. The van der Waals surface area contributed by atoms with Crippen LogP contribution in [0.4, 0.5) is 0 Å². The molecule has 3 nitrogen and oxygen atoms in total. The van der Waals surface area contributed by atoms with E-state index < -0.39 is 6.23 Å². The van der Waals surface area contributed by atoms with Crippen LogP contribution in [0.15, 0.2) is 0 Å². The Balaban J connectivity index is 2.40. The molecule has 1 aliphatic rings. The maximum absolute atomic E-state index is 9.91. The third-order valence-electron chi connectivity index (χ3n) is 2.80. The monoisotopic (exact) mass is 204 g/mol. The molecule has 0 bridgehead atoms. The molecule has 0 saturated carbocycles. The van der Waals surface area contributed by atoms with Gasteiger partial charge in [-0.15, -0.1) is 11.8 Å². The fraction of sp³-hybridized carbons (Fsp3) is 1.00. The molecule has 0 aromatic heterocycles. The summed E-state index contributed by atoms with van der Waals surface area (Å²) in [5.41, 5.74) is 5.95. The van der Waals surface area contributed by atoms with Gasteiger partial charge in [-0.25, -0.2) is 0 Å². The maximum Gasteiger partial charge on any atom is 0.123 e. The second-order valence-electron chi connectivity index (χ2n) is 3.73. The van der Waals surface area contributed by atoms with E-state index in [1.165, 1.54) is 0 Å². The summed E-state index contributed by atoms with van der Waals surface area (Å²) in [6, 6.07) is -0.108. The molecule has 0 spiro atoms. The average molecular weight is 204 g/mol. The first-order chi connectivity index (χ1) is 6.16. The number of aliphatic hydroxyl groups is 1. The van der Waals surface area contributed by atoms with Crippen LogP contribution in [0.2, 0.25) is 0 Å². The van der Waals surface area contributed by atoms with Crippen molar-refractivity contribution in [2.45, 2.75) is 32.5 Å². The van der Waals surface area contributed by atoms with E-state index in [1.807, 2.05) is 11.8 Å². The van der Waals surface area contributed by atoms with E-state index in [2.05, 4.69) is 18.7 Å². The van der Waals surface area contributed by atoms with Crippen LogP contribution in [0.3, 0.4) is 0 Å². The van der Waals surface area contributed by atoms with Crippen molar-refractivity contribution < 1.29 is 5.11 Å². The van der Waals surface area contributed by atoms with E-state index in [-0.39, 0.29) is 6.04 Å². The van der Waals surface area contributed by atoms with Gasteiger partial charge in [-0.1, -0.05) is 20.3 Å². The van der Waals surface area contributed by atoms with Gasteiger partial charge in [0, 0.05) is 24.2 Å². The molecule has 1 heterocycles. The smallest absolute Gasteiger partial charge is 0.123 e. The van der Waals surface area contributed by atoms with E-state index in [0.29, 0.717) is 5.92 Å². The van der Waals surface area contributed by atoms with Crippen LogP contribution in [-0.4, -0.2) is 40.5 Å². The highest BCUT2D eigenvalue weighted by atomic mass is 32.2. The van der Waals surface area contributed by atoms with E-state index in [4.69, 9.17) is 5.73 Å². The third kappa shape index (κ3) is 2.84. The molecule has 78 valence electrons. The van der Waals surface area contributed by atoms with Gasteiger partial charge in [0.2, 0.25) is 0 Å². The molecule has 1 fully saturated rings. The Morgan fingerprint density at radius 2 is 2.31 bits per heavy atom. The van der Waals surface area contributed by atoms with Crippen LogP contribution >= 0.6 is 11.8 Å². The largest absolute Gasteiger partial charge is 0.377 e. The molecule has 0 radical (unpaired) electrons. The molecule has 0 amide bonds. The maximum atomic E-state index is 9.91. The molecule has 0 aliphatic carbocycles. The minimum atomic E-state index is -0.454. The quantitative estimate of drug-likeness (QED) is 0.707. The van der Waals surface area contributed by atoms with Crippen molar-refractivity contribution in [1.82, 2.24) is 4.90 Å². The molecule has 2 unspecified atom stereocenters. The Labute approximate surface area is 84.7 Å². The van der Waals surface area contributed by atoms with Crippen molar-refractivity contribution in [2.75, 3.05) is 18.2 Å². The number of nitrogens with two attached hydrogens (primary N) is 1. The summed E-state index contributed by atoms with van der Waals surface area (Å²) in [5.74, 6) is 2.43. The second-order valence-corrected chi connectivity index (χ2v) is 4.80. The van der Waals surface area contributed by atoms with Crippen LogP contribution in [0.1, 0.15) is 20.3 Å². The number of rotatable bonds is 4. The van der Waals surface area contributed by atoms with Gasteiger partial charge < -0.3 is 10.8 Å². The summed E-state index contributed by atoms with van der Waals surface area (Å²) >= 11 is 1.86. The number of hydrogen-bond acceptors (Lipinski definition) is 4. The first-order valence-corrected chi connectivity index (χ1v) is 6.07. The van der Waals surface area contributed by atoms with E-state index in [0.717, 1.165) is 24.6 Å². The predicted molar refractivity (Wildman–Crippen MR) is 57.5 cm³/mol. The number of aliphatic hydroxyl groups excluding tert-OH is 1. The van der Waals surface area contributed by atoms with Crippen molar-refractivity contribution in [3.63, 3.8) is 0 Å². The van der Waals surface area contributed by atoms with Gasteiger partial charge in [0.15, 0.2) is 0 Å². The van der Waals surface area contributed by atoms with Crippen molar-refractivity contribution >= 4 is 11.8 Å². The highest BCUT2D eigenvalue weighted by Crippen LogP contribution is 2.19. The van der Waals surface area contributed by atoms with E-state index >= 15 is 0 Å². The first-order valence-electron chi connectivity index (χ1n) is 4.92. The first kappa shape index (κ1) is 11.3.